The molecule has 0 aliphatic carbocycles. The first-order valence-corrected chi connectivity index (χ1v) is 7.40. The molecule has 0 radical (unpaired) electrons. The molecule has 1 aromatic heterocycles. The Morgan fingerprint density at radius 2 is 1.76 bits per heavy atom. The van der Waals surface area contributed by atoms with Crippen LogP contribution in [0.4, 0.5) is 0 Å². The van der Waals surface area contributed by atoms with Gasteiger partial charge < -0.3 is 10.5 Å². The summed E-state index contributed by atoms with van der Waals surface area (Å²) in [4.78, 5) is 4.40. The van der Waals surface area contributed by atoms with E-state index in [1.54, 1.807) is 0 Å². The molecule has 0 aliphatic rings. The highest BCUT2D eigenvalue weighted by atomic mass is 35.5. The Hall–Kier alpha value is -1.58. The van der Waals surface area contributed by atoms with Crippen molar-refractivity contribution in [3.8, 4) is 11.6 Å². The van der Waals surface area contributed by atoms with E-state index in [4.69, 9.17) is 22.1 Å². The highest BCUT2D eigenvalue weighted by molar-refractivity contribution is 6.32. The van der Waals surface area contributed by atoms with E-state index < -0.39 is 0 Å². The molecule has 2 rings (SSSR count). The van der Waals surface area contributed by atoms with Gasteiger partial charge in [0.25, 0.3) is 0 Å². The lowest BCUT2D eigenvalue weighted by molar-refractivity contribution is 0.457. The van der Waals surface area contributed by atoms with Crippen molar-refractivity contribution in [1.82, 2.24) is 4.98 Å². The van der Waals surface area contributed by atoms with E-state index in [9.17, 15) is 0 Å². The lowest BCUT2D eigenvalue weighted by Crippen LogP contribution is -2.17. The molecule has 1 atom stereocenters. The molecule has 0 spiro atoms. The zero-order valence-electron chi connectivity index (χ0n) is 12.9. The number of aromatic nitrogens is 1. The number of nitrogens with zero attached hydrogens (tertiary/aromatic N) is 1. The zero-order chi connectivity index (χ0) is 15.6. The molecule has 1 heterocycles. The molecule has 2 N–H and O–H groups in total. The summed E-state index contributed by atoms with van der Waals surface area (Å²) in [6, 6.07) is 6.04. The largest absolute Gasteiger partial charge is 0.439 e. The normalized spacial score (nSPS) is 12.3. The monoisotopic (exact) mass is 304 g/mol. The Kier molecular flexibility index (Phi) is 4.86. The number of ether oxygens (including phenoxy) is 1. The quantitative estimate of drug-likeness (QED) is 0.914. The molecule has 112 valence electrons. The molecule has 2 aromatic rings. The molecule has 1 aromatic carbocycles. The molecule has 21 heavy (non-hydrogen) atoms. The Morgan fingerprint density at radius 1 is 1.14 bits per heavy atom. The van der Waals surface area contributed by atoms with Gasteiger partial charge in [-0.15, -0.1) is 0 Å². The maximum Gasteiger partial charge on any atom is 0.222 e. The average Bonchev–Trinajstić information content (AvgIpc) is 2.38. The number of aryl methyl sites for hydroxylation is 3. The molecule has 0 amide bonds. The van der Waals surface area contributed by atoms with Gasteiger partial charge in [-0.2, -0.15) is 0 Å². The summed E-state index contributed by atoms with van der Waals surface area (Å²) in [6.45, 7) is 7.91. The Labute approximate surface area is 131 Å². The maximum absolute atomic E-state index is 6.17. The average molecular weight is 305 g/mol. The van der Waals surface area contributed by atoms with Crippen molar-refractivity contribution in [2.45, 2.75) is 40.2 Å². The fourth-order valence-corrected chi connectivity index (χ4v) is 2.40. The molecule has 0 saturated heterocycles. The van der Waals surface area contributed by atoms with Crippen LogP contribution in [0.1, 0.15) is 29.2 Å². The minimum atomic E-state index is 0.125. The van der Waals surface area contributed by atoms with E-state index in [0.717, 1.165) is 39.4 Å². The predicted octanol–water partition coefficient (Wildman–Crippen LogP) is 4.34. The molecule has 0 fully saturated rings. The predicted molar refractivity (Wildman–Crippen MR) is 87.3 cm³/mol. The van der Waals surface area contributed by atoms with Crippen LogP contribution in [0.5, 0.6) is 11.6 Å². The Bertz CT molecular complexity index is 630. The van der Waals surface area contributed by atoms with E-state index >= 15 is 0 Å². The van der Waals surface area contributed by atoms with Crippen molar-refractivity contribution in [3.63, 3.8) is 0 Å². The third-order valence-corrected chi connectivity index (χ3v) is 3.87. The molecule has 3 nitrogen and oxygen atoms in total. The molecule has 0 aliphatic heterocycles. The van der Waals surface area contributed by atoms with Gasteiger partial charge in [-0.25, -0.2) is 4.98 Å². The number of hydrogen-bond donors (Lipinski definition) is 1. The maximum atomic E-state index is 6.17. The minimum Gasteiger partial charge on any atom is -0.439 e. The molecule has 0 bridgehead atoms. The first kappa shape index (κ1) is 15.8. The number of benzene rings is 1. The van der Waals surface area contributed by atoms with Crippen molar-refractivity contribution in [1.29, 1.82) is 0 Å². The SMILES string of the molecule is Cc1cc(CC(C)N)cnc1Oc1cc(C)c(Cl)c(C)c1. The molecular formula is C17H21ClN2O. The molecule has 1 unspecified atom stereocenters. The van der Waals surface area contributed by atoms with Gasteiger partial charge in [-0.1, -0.05) is 11.6 Å². The lowest BCUT2D eigenvalue weighted by atomic mass is 10.1. The van der Waals surface area contributed by atoms with Crippen molar-refractivity contribution >= 4 is 11.6 Å². The summed E-state index contributed by atoms with van der Waals surface area (Å²) in [6.07, 6.45) is 2.63. The zero-order valence-corrected chi connectivity index (χ0v) is 13.7. The van der Waals surface area contributed by atoms with Gasteiger partial charge in [-0.05, 0) is 69.0 Å². The standard InChI is InChI=1S/C17H21ClN2O/c1-10-6-15(7-11(2)16(10)18)21-17-12(3)5-14(9-20-17)8-13(4)19/h5-7,9,13H,8,19H2,1-4H3. The third-order valence-electron chi connectivity index (χ3n) is 3.27. The van der Waals surface area contributed by atoms with Crippen LogP contribution in [-0.4, -0.2) is 11.0 Å². The first-order chi connectivity index (χ1) is 9.86. The summed E-state index contributed by atoms with van der Waals surface area (Å²) in [5, 5.41) is 0.777. The van der Waals surface area contributed by atoms with E-state index in [2.05, 4.69) is 11.1 Å². The summed E-state index contributed by atoms with van der Waals surface area (Å²) in [5.74, 6) is 1.37. The van der Waals surface area contributed by atoms with Crippen LogP contribution < -0.4 is 10.5 Å². The smallest absolute Gasteiger partial charge is 0.222 e. The van der Waals surface area contributed by atoms with Gasteiger partial charge in [0.05, 0.1) is 0 Å². The number of rotatable bonds is 4. The van der Waals surface area contributed by atoms with E-state index in [-0.39, 0.29) is 6.04 Å². The summed E-state index contributed by atoms with van der Waals surface area (Å²) in [5.41, 5.74) is 9.93. The van der Waals surface area contributed by atoms with E-state index in [0.29, 0.717) is 5.88 Å². The lowest BCUT2D eigenvalue weighted by Gasteiger charge is -2.12. The van der Waals surface area contributed by atoms with Crippen molar-refractivity contribution in [2.24, 2.45) is 5.73 Å². The minimum absolute atomic E-state index is 0.125. The topological polar surface area (TPSA) is 48.1 Å². The number of nitrogens with two attached hydrogens (primary N) is 1. The third kappa shape index (κ3) is 3.96. The van der Waals surface area contributed by atoms with Crippen LogP contribution in [0.15, 0.2) is 24.4 Å². The van der Waals surface area contributed by atoms with Crippen LogP contribution in [0.2, 0.25) is 5.02 Å². The first-order valence-electron chi connectivity index (χ1n) is 7.02. The van der Waals surface area contributed by atoms with Gasteiger partial charge >= 0.3 is 0 Å². The fourth-order valence-electron chi connectivity index (χ4n) is 2.29. The van der Waals surface area contributed by atoms with Crippen LogP contribution in [0.3, 0.4) is 0 Å². The number of hydrogen-bond acceptors (Lipinski definition) is 3. The van der Waals surface area contributed by atoms with Crippen LogP contribution in [0.25, 0.3) is 0 Å². The van der Waals surface area contributed by atoms with Gasteiger partial charge in [0.1, 0.15) is 5.75 Å². The molecular weight excluding hydrogens is 284 g/mol. The van der Waals surface area contributed by atoms with Crippen LogP contribution >= 0.6 is 11.6 Å². The Morgan fingerprint density at radius 3 is 2.29 bits per heavy atom. The van der Waals surface area contributed by atoms with Gasteiger partial charge in [0, 0.05) is 22.8 Å². The van der Waals surface area contributed by atoms with E-state index in [1.807, 2.05) is 46.0 Å². The second-order valence-electron chi connectivity index (χ2n) is 5.62. The van der Waals surface area contributed by atoms with Crippen LogP contribution in [0, 0.1) is 20.8 Å². The summed E-state index contributed by atoms with van der Waals surface area (Å²) >= 11 is 6.17. The molecule has 4 heteroatoms. The number of halogens is 1. The van der Waals surface area contributed by atoms with Crippen molar-refractivity contribution in [3.05, 3.63) is 51.7 Å². The Balaban J connectivity index is 2.24. The molecule has 0 saturated carbocycles. The summed E-state index contributed by atoms with van der Waals surface area (Å²) < 4.78 is 5.88. The van der Waals surface area contributed by atoms with E-state index in [1.165, 1.54) is 0 Å². The van der Waals surface area contributed by atoms with Crippen LogP contribution in [-0.2, 0) is 6.42 Å². The fraction of sp³-hybridized carbons (Fsp3) is 0.353. The second kappa shape index (κ2) is 6.46. The van der Waals surface area contributed by atoms with Crippen molar-refractivity contribution in [2.75, 3.05) is 0 Å². The second-order valence-corrected chi connectivity index (χ2v) is 6.00. The van der Waals surface area contributed by atoms with Gasteiger partial charge in [-0.3, -0.25) is 0 Å². The number of pyridine rings is 1. The highest BCUT2D eigenvalue weighted by Crippen LogP contribution is 2.29. The van der Waals surface area contributed by atoms with Gasteiger partial charge in [0.2, 0.25) is 5.88 Å². The van der Waals surface area contributed by atoms with Crippen molar-refractivity contribution < 1.29 is 4.74 Å². The van der Waals surface area contributed by atoms with Gasteiger partial charge in [0.15, 0.2) is 0 Å². The highest BCUT2D eigenvalue weighted by Gasteiger charge is 2.08. The summed E-state index contributed by atoms with van der Waals surface area (Å²) in [7, 11) is 0.